The highest BCUT2D eigenvalue weighted by molar-refractivity contribution is 9.10. The lowest BCUT2D eigenvalue weighted by Crippen LogP contribution is -2.04. The summed E-state index contributed by atoms with van der Waals surface area (Å²) < 4.78 is 13.7. The fraction of sp³-hybridized carbons (Fsp3) is 0.167. The highest BCUT2D eigenvalue weighted by Crippen LogP contribution is 2.19. The number of hydrogen-bond donors (Lipinski definition) is 1. The second-order valence-corrected chi connectivity index (χ2v) is 5.07. The summed E-state index contributed by atoms with van der Waals surface area (Å²) in [6, 6.07) is 7.18. The maximum absolute atomic E-state index is 13.2. The lowest BCUT2D eigenvalue weighted by atomic mass is 10.2. The molecule has 2 aromatic rings. The van der Waals surface area contributed by atoms with Gasteiger partial charge in [-0.2, -0.15) is 11.3 Å². The van der Waals surface area contributed by atoms with Gasteiger partial charge in [0.1, 0.15) is 5.82 Å². The molecule has 1 heterocycles. The highest BCUT2D eigenvalue weighted by atomic mass is 79.9. The van der Waals surface area contributed by atoms with Crippen molar-refractivity contribution in [2.24, 2.45) is 0 Å². The first kappa shape index (κ1) is 11.6. The van der Waals surface area contributed by atoms with E-state index in [2.05, 4.69) is 38.1 Å². The smallest absolute Gasteiger partial charge is 0.139 e. The van der Waals surface area contributed by atoms with E-state index in [0.29, 0.717) is 4.47 Å². The second kappa shape index (κ2) is 5.46. The van der Waals surface area contributed by atoms with Gasteiger partial charge in [-0.3, -0.25) is 0 Å². The van der Waals surface area contributed by atoms with E-state index in [9.17, 15) is 4.39 Å². The van der Waals surface area contributed by atoms with Gasteiger partial charge in [0.15, 0.2) is 0 Å². The molecule has 0 saturated carbocycles. The Morgan fingerprint density at radius 1 is 1.31 bits per heavy atom. The predicted octanol–water partition coefficient (Wildman–Crippen LogP) is 4.30. The summed E-state index contributed by atoms with van der Waals surface area (Å²) in [5.74, 6) is -0.236. The summed E-state index contributed by atoms with van der Waals surface area (Å²) in [5, 5.41) is 7.39. The molecule has 0 saturated heterocycles. The average molecular weight is 300 g/mol. The Labute approximate surface area is 106 Å². The molecule has 0 aliphatic carbocycles. The van der Waals surface area contributed by atoms with Crippen LogP contribution in [0.3, 0.4) is 0 Å². The van der Waals surface area contributed by atoms with Crippen LogP contribution >= 0.6 is 27.3 Å². The third-order valence-corrected chi connectivity index (χ3v) is 3.62. The normalized spacial score (nSPS) is 10.4. The SMILES string of the molecule is Fc1cc(NCCc2ccsc2)ccc1Br. The Hall–Kier alpha value is -0.870. The maximum atomic E-state index is 13.2. The molecule has 0 spiro atoms. The van der Waals surface area contributed by atoms with Crippen LogP contribution in [0.2, 0.25) is 0 Å². The Kier molecular flexibility index (Phi) is 3.96. The first-order chi connectivity index (χ1) is 7.75. The molecule has 1 aromatic heterocycles. The van der Waals surface area contributed by atoms with E-state index >= 15 is 0 Å². The van der Waals surface area contributed by atoms with Crippen molar-refractivity contribution in [1.29, 1.82) is 0 Å². The number of anilines is 1. The van der Waals surface area contributed by atoms with Crippen LogP contribution in [0.5, 0.6) is 0 Å². The summed E-state index contributed by atoms with van der Waals surface area (Å²) in [6.45, 7) is 0.817. The minimum Gasteiger partial charge on any atom is -0.385 e. The number of halogens is 2. The molecule has 0 radical (unpaired) electrons. The van der Waals surface area contributed by atoms with Gasteiger partial charge in [0, 0.05) is 12.2 Å². The molecular formula is C12H11BrFNS. The zero-order valence-corrected chi connectivity index (χ0v) is 10.9. The predicted molar refractivity (Wildman–Crippen MR) is 70.6 cm³/mol. The van der Waals surface area contributed by atoms with Crippen LogP contribution in [0.25, 0.3) is 0 Å². The van der Waals surface area contributed by atoms with Crippen molar-refractivity contribution in [1.82, 2.24) is 0 Å². The van der Waals surface area contributed by atoms with E-state index in [1.165, 1.54) is 11.6 Å². The molecule has 0 fully saturated rings. The van der Waals surface area contributed by atoms with Gasteiger partial charge in [-0.05, 0) is 62.9 Å². The van der Waals surface area contributed by atoms with Crippen molar-refractivity contribution in [3.8, 4) is 0 Å². The summed E-state index contributed by atoms with van der Waals surface area (Å²) in [5.41, 5.74) is 2.13. The van der Waals surface area contributed by atoms with Gasteiger partial charge in [0.2, 0.25) is 0 Å². The first-order valence-corrected chi connectivity index (χ1v) is 6.69. The van der Waals surface area contributed by atoms with E-state index in [4.69, 9.17) is 0 Å². The third kappa shape index (κ3) is 3.06. The summed E-state index contributed by atoms with van der Waals surface area (Å²) >= 11 is 4.82. The van der Waals surface area contributed by atoms with Crippen LogP contribution in [0.15, 0.2) is 39.5 Å². The van der Waals surface area contributed by atoms with Crippen molar-refractivity contribution in [3.05, 3.63) is 50.9 Å². The van der Waals surface area contributed by atoms with Crippen LogP contribution < -0.4 is 5.32 Å². The van der Waals surface area contributed by atoms with E-state index < -0.39 is 0 Å². The molecule has 2 rings (SSSR count). The van der Waals surface area contributed by atoms with Crippen LogP contribution in [0, 0.1) is 5.82 Å². The molecular weight excluding hydrogens is 289 g/mol. The number of nitrogens with one attached hydrogen (secondary N) is 1. The zero-order chi connectivity index (χ0) is 11.4. The molecule has 0 aliphatic heterocycles. The summed E-state index contributed by atoms with van der Waals surface area (Å²) in [6.07, 6.45) is 0.960. The Morgan fingerprint density at radius 2 is 2.19 bits per heavy atom. The lowest BCUT2D eigenvalue weighted by molar-refractivity contribution is 0.621. The molecule has 1 N–H and O–H groups in total. The fourth-order valence-electron chi connectivity index (χ4n) is 1.39. The van der Waals surface area contributed by atoms with Crippen molar-refractivity contribution in [3.63, 3.8) is 0 Å². The highest BCUT2D eigenvalue weighted by Gasteiger charge is 2.00. The second-order valence-electron chi connectivity index (χ2n) is 3.44. The Morgan fingerprint density at radius 3 is 2.88 bits per heavy atom. The van der Waals surface area contributed by atoms with Gasteiger partial charge in [0.25, 0.3) is 0 Å². The third-order valence-electron chi connectivity index (χ3n) is 2.24. The van der Waals surface area contributed by atoms with Gasteiger partial charge in [-0.25, -0.2) is 4.39 Å². The zero-order valence-electron chi connectivity index (χ0n) is 8.54. The van der Waals surface area contributed by atoms with E-state index in [-0.39, 0.29) is 5.82 Å². The molecule has 0 unspecified atom stereocenters. The van der Waals surface area contributed by atoms with Gasteiger partial charge in [0.05, 0.1) is 4.47 Å². The van der Waals surface area contributed by atoms with Gasteiger partial charge >= 0.3 is 0 Å². The monoisotopic (exact) mass is 299 g/mol. The summed E-state index contributed by atoms with van der Waals surface area (Å²) in [4.78, 5) is 0. The Bertz CT molecular complexity index is 456. The topological polar surface area (TPSA) is 12.0 Å². The minimum absolute atomic E-state index is 0.236. The lowest BCUT2D eigenvalue weighted by Gasteiger charge is -2.06. The quantitative estimate of drug-likeness (QED) is 0.887. The average Bonchev–Trinajstić information content (AvgIpc) is 2.76. The number of benzene rings is 1. The van der Waals surface area contributed by atoms with Gasteiger partial charge in [-0.15, -0.1) is 0 Å². The van der Waals surface area contributed by atoms with Gasteiger partial charge < -0.3 is 5.32 Å². The minimum atomic E-state index is -0.236. The standard InChI is InChI=1S/C12H11BrFNS/c13-11-2-1-10(7-12(11)14)15-5-3-9-4-6-16-8-9/h1-2,4,6-8,15H,3,5H2. The van der Waals surface area contributed by atoms with Crippen molar-refractivity contribution in [2.75, 3.05) is 11.9 Å². The molecule has 0 aliphatic rings. The molecule has 16 heavy (non-hydrogen) atoms. The van der Waals surface area contributed by atoms with Crippen LogP contribution in [0.4, 0.5) is 10.1 Å². The van der Waals surface area contributed by atoms with Crippen LogP contribution in [-0.2, 0) is 6.42 Å². The van der Waals surface area contributed by atoms with Crippen molar-refractivity contribution in [2.45, 2.75) is 6.42 Å². The first-order valence-electron chi connectivity index (χ1n) is 4.96. The molecule has 1 nitrogen and oxygen atoms in total. The molecule has 0 bridgehead atoms. The Balaban J connectivity index is 1.87. The van der Waals surface area contributed by atoms with E-state index in [0.717, 1.165) is 18.7 Å². The molecule has 1 aromatic carbocycles. The maximum Gasteiger partial charge on any atom is 0.139 e. The van der Waals surface area contributed by atoms with Crippen LogP contribution in [-0.4, -0.2) is 6.54 Å². The molecule has 84 valence electrons. The summed E-state index contributed by atoms with van der Waals surface area (Å²) in [7, 11) is 0. The number of hydrogen-bond acceptors (Lipinski definition) is 2. The van der Waals surface area contributed by atoms with Gasteiger partial charge in [-0.1, -0.05) is 0 Å². The van der Waals surface area contributed by atoms with Crippen molar-refractivity contribution >= 4 is 33.0 Å². The molecule has 0 amide bonds. The van der Waals surface area contributed by atoms with E-state index in [1.807, 2.05) is 6.07 Å². The molecule has 4 heteroatoms. The number of rotatable bonds is 4. The fourth-order valence-corrected chi connectivity index (χ4v) is 2.34. The largest absolute Gasteiger partial charge is 0.385 e. The molecule has 0 atom stereocenters. The number of thiophene rings is 1. The van der Waals surface area contributed by atoms with E-state index in [1.54, 1.807) is 17.4 Å². The van der Waals surface area contributed by atoms with Crippen LogP contribution in [0.1, 0.15) is 5.56 Å². The van der Waals surface area contributed by atoms with Crippen molar-refractivity contribution < 1.29 is 4.39 Å².